The molecule has 1 saturated heterocycles. The summed E-state index contributed by atoms with van der Waals surface area (Å²) in [4.78, 5) is 11.9. The second-order valence-electron chi connectivity index (χ2n) is 4.89. The van der Waals surface area contributed by atoms with E-state index in [2.05, 4.69) is 5.32 Å². The van der Waals surface area contributed by atoms with Crippen LogP contribution in [-0.4, -0.2) is 32.9 Å². The first kappa shape index (κ1) is 14.6. The number of sulfone groups is 1. The minimum atomic E-state index is -3.04. The maximum atomic E-state index is 11.9. The zero-order valence-corrected chi connectivity index (χ0v) is 12.1. The number of benzene rings is 1. The Labute approximate surface area is 118 Å². The molecular formula is C13H18N2O4S. The van der Waals surface area contributed by atoms with E-state index in [0.29, 0.717) is 24.4 Å². The van der Waals surface area contributed by atoms with Crippen molar-refractivity contribution < 1.29 is 17.9 Å². The van der Waals surface area contributed by atoms with Crippen molar-refractivity contribution in [2.24, 2.45) is 5.92 Å². The molecule has 0 aromatic heterocycles. The molecule has 1 aromatic carbocycles. The van der Waals surface area contributed by atoms with Crippen molar-refractivity contribution in [2.75, 3.05) is 24.3 Å². The quantitative estimate of drug-likeness (QED) is 0.780. The number of hydrogen-bond acceptors (Lipinski definition) is 5. The van der Waals surface area contributed by atoms with Crippen LogP contribution in [0.5, 0.6) is 5.75 Å². The molecule has 1 aromatic rings. The fourth-order valence-electron chi connectivity index (χ4n) is 2.23. The van der Waals surface area contributed by atoms with Gasteiger partial charge in [-0.2, -0.15) is 0 Å². The Morgan fingerprint density at radius 3 is 2.80 bits per heavy atom. The maximum absolute atomic E-state index is 11.9. The van der Waals surface area contributed by atoms with Gasteiger partial charge in [0, 0.05) is 6.54 Å². The number of hydrogen-bond donors (Lipinski definition) is 2. The number of carbonyl (C=O) groups is 1. The predicted molar refractivity (Wildman–Crippen MR) is 76.0 cm³/mol. The van der Waals surface area contributed by atoms with E-state index in [9.17, 15) is 13.2 Å². The van der Waals surface area contributed by atoms with Gasteiger partial charge in [0.1, 0.15) is 5.75 Å². The van der Waals surface area contributed by atoms with Gasteiger partial charge in [-0.25, -0.2) is 8.42 Å². The van der Waals surface area contributed by atoms with Gasteiger partial charge in [-0.05, 0) is 24.1 Å². The molecule has 1 atom stereocenters. The summed E-state index contributed by atoms with van der Waals surface area (Å²) in [5.41, 5.74) is 7.13. The fraction of sp³-hybridized carbons (Fsp3) is 0.462. The van der Waals surface area contributed by atoms with E-state index >= 15 is 0 Å². The van der Waals surface area contributed by atoms with E-state index in [-0.39, 0.29) is 17.4 Å². The maximum Gasteiger partial charge on any atom is 0.224 e. The molecule has 1 unspecified atom stereocenters. The van der Waals surface area contributed by atoms with Crippen LogP contribution in [0, 0.1) is 5.92 Å². The number of nitrogens with one attached hydrogen (secondary N) is 1. The second kappa shape index (κ2) is 5.70. The summed E-state index contributed by atoms with van der Waals surface area (Å²) in [6.07, 6.45) is 0.402. The lowest BCUT2D eigenvalue weighted by Crippen LogP contribution is -2.30. The molecule has 0 aliphatic carbocycles. The highest BCUT2D eigenvalue weighted by atomic mass is 32.2. The molecular weight excluding hydrogens is 280 g/mol. The van der Waals surface area contributed by atoms with Crippen LogP contribution >= 0.6 is 0 Å². The van der Waals surface area contributed by atoms with Gasteiger partial charge in [-0.3, -0.25) is 4.79 Å². The number of carbonyl (C=O) groups excluding carboxylic acids is 1. The monoisotopic (exact) mass is 298 g/mol. The molecule has 1 heterocycles. The van der Waals surface area contributed by atoms with Crippen molar-refractivity contribution in [3.8, 4) is 5.75 Å². The Bertz CT molecular complexity index is 613. The van der Waals surface area contributed by atoms with Gasteiger partial charge < -0.3 is 15.8 Å². The third-order valence-electron chi connectivity index (χ3n) is 3.36. The Morgan fingerprint density at radius 2 is 2.25 bits per heavy atom. The zero-order chi connectivity index (χ0) is 14.8. The third kappa shape index (κ3) is 3.41. The van der Waals surface area contributed by atoms with Gasteiger partial charge in [0.05, 0.1) is 30.2 Å². The average molecular weight is 298 g/mol. The number of methoxy groups -OCH3 is 1. The van der Waals surface area contributed by atoms with E-state index in [1.165, 1.54) is 7.11 Å². The molecule has 0 spiro atoms. The van der Waals surface area contributed by atoms with Crippen LogP contribution in [0.2, 0.25) is 0 Å². The number of rotatable bonds is 4. The van der Waals surface area contributed by atoms with Gasteiger partial charge in [0.25, 0.3) is 0 Å². The van der Waals surface area contributed by atoms with Gasteiger partial charge in [-0.15, -0.1) is 0 Å². The highest BCUT2D eigenvalue weighted by Gasteiger charge is 2.32. The van der Waals surface area contributed by atoms with Crippen molar-refractivity contribution in [1.82, 2.24) is 5.32 Å². The van der Waals surface area contributed by atoms with Crippen molar-refractivity contribution in [1.29, 1.82) is 0 Å². The number of ether oxygens (including phenoxy) is 1. The SMILES string of the molecule is COc1ccc(CNC(=O)C2CCS(=O)(=O)C2)cc1N. The Kier molecular flexibility index (Phi) is 4.17. The summed E-state index contributed by atoms with van der Waals surface area (Å²) >= 11 is 0. The van der Waals surface area contributed by atoms with E-state index in [4.69, 9.17) is 10.5 Å². The van der Waals surface area contributed by atoms with Crippen LogP contribution < -0.4 is 15.8 Å². The minimum Gasteiger partial charge on any atom is -0.495 e. The van der Waals surface area contributed by atoms with E-state index in [0.717, 1.165) is 5.56 Å². The summed E-state index contributed by atoms with van der Waals surface area (Å²) in [6.45, 7) is 0.323. The van der Waals surface area contributed by atoms with Crippen LogP contribution in [-0.2, 0) is 21.2 Å². The molecule has 1 aliphatic heterocycles. The second-order valence-corrected chi connectivity index (χ2v) is 7.12. The minimum absolute atomic E-state index is 0.0520. The van der Waals surface area contributed by atoms with Crippen LogP contribution in [0.1, 0.15) is 12.0 Å². The van der Waals surface area contributed by atoms with Gasteiger partial charge in [-0.1, -0.05) is 6.07 Å². The Morgan fingerprint density at radius 1 is 1.50 bits per heavy atom. The molecule has 0 bridgehead atoms. The Hall–Kier alpha value is -1.76. The normalized spacial score (nSPS) is 20.6. The Balaban J connectivity index is 1.92. The lowest BCUT2D eigenvalue weighted by molar-refractivity contribution is -0.124. The molecule has 1 aliphatic rings. The first-order valence-electron chi connectivity index (χ1n) is 6.32. The molecule has 2 rings (SSSR count). The van der Waals surface area contributed by atoms with Crippen molar-refractivity contribution in [3.05, 3.63) is 23.8 Å². The van der Waals surface area contributed by atoms with Gasteiger partial charge >= 0.3 is 0 Å². The van der Waals surface area contributed by atoms with Crippen molar-refractivity contribution in [2.45, 2.75) is 13.0 Å². The van der Waals surface area contributed by atoms with Crippen molar-refractivity contribution in [3.63, 3.8) is 0 Å². The summed E-state index contributed by atoms with van der Waals surface area (Å²) in [7, 11) is -1.50. The lowest BCUT2D eigenvalue weighted by atomic mass is 10.1. The lowest BCUT2D eigenvalue weighted by Gasteiger charge is -2.11. The third-order valence-corrected chi connectivity index (χ3v) is 5.13. The van der Waals surface area contributed by atoms with E-state index in [1.54, 1.807) is 18.2 Å². The topological polar surface area (TPSA) is 98.5 Å². The summed E-state index contributed by atoms with van der Waals surface area (Å²) < 4.78 is 27.7. The molecule has 0 radical (unpaired) electrons. The zero-order valence-electron chi connectivity index (χ0n) is 11.3. The number of anilines is 1. The number of nitrogens with two attached hydrogens (primary N) is 1. The summed E-state index contributed by atoms with van der Waals surface area (Å²) in [5, 5.41) is 2.74. The molecule has 6 nitrogen and oxygen atoms in total. The number of amides is 1. The molecule has 1 amide bonds. The van der Waals surface area contributed by atoms with Crippen LogP contribution in [0.25, 0.3) is 0 Å². The average Bonchev–Trinajstić information content (AvgIpc) is 2.76. The highest BCUT2D eigenvalue weighted by molar-refractivity contribution is 7.91. The smallest absolute Gasteiger partial charge is 0.224 e. The van der Waals surface area contributed by atoms with Crippen LogP contribution in [0.15, 0.2) is 18.2 Å². The molecule has 110 valence electrons. The molecule has 7 heteroatoms. The first-order chi connectivity index (χ1) is 9.41. The van der Waals surface area contributed by atoms with E-state index in [1.807, 2.05) is 0 Å². The summed E-state index contributed by atoms with van der Waals surface area (Å²) in [6, 6.07) is 5.27. The highest BCUT2D eigenvalue weighted by Crippen LogP contribution is 2.22. The fourth-order valence-corrected chi connectivity index (χ4v) is 3.97. The largest absolute Gasteiger partial charge is 0.495 e. The van der Waals surface area contributed by atoms with Crippen LogP contribution in [0.4, 0.5) is 5.69 Å². The molecule has 0 saturated carbocycles. The standard InChI is InChI=1S/C13H18N2O4S/c1-19-12-3-2-9(6-11(12)14)7-15-13(16)10-4-5-20(17,18)8-10/h2-3,6,10H,4-5,7-8,14H2,1H3,(H,15,16). The summed E-state index contributed by atoms with van der Waals surface area (Å²) in [5.74, 6) is -0.0255. The predicted octanol–water partition coefficient (Wildman–Crippen LogP) is 0.328. The first-order valence-corrected chi connectivity index (χ1v) is 8.14. The van der Waals surface area contributed by atoms with Crippen LogP contribution in [0.3, 0.4) is 0 Å². The number of nitrogen functional groups attached to an aromatic ring is 1. The van der Waals surface area contributed by atoms with E-state index < -0.39 is 15.8 Å². The molecule has 20 heavy (non-hydrogen) atoms. The molecule has 3 N–H and O–H groups in total. The van der Waals surface area contributed by atoms with Gasteiger partial charge in [0.15, 0.2) is 9.84 Å². The molecule has 1 fully saturated rings. The van der Waals surface area contributed by atoms with Gasteiger partial charge in [0.2, 0.25) is 5.91 Å². The van der Waals surface area contributed by atoms with Crippen molar-refractivity contribution >= 4 is 21.4 Å².